The van der Waals surface area contributed by atoms with Gasteiger partial charge >= 0.3 is 0 Å². The number of aliphatic hydroxyl groups excluding tert-OH is 1. The predicted octanol–water partition coefficient (Wildman–Crippen LogP) is 0.919. The van der Waals surface area contributed by atoms with Crippen molar-refractivity contribution in [2.24, 2.45) is 5.92 Å². The van der Waals surface area contributed by atoms with Crippen LogP contribution in [0.3, 0.4) is 0 Å². The lowest BCUT2D eigenvalue weighted by Crippen LogP contribution is -2.38. The molecular weight excluding hydrogens is 192 g/mol. The number of carbonyl (C=O) groups is 1. The van der Waals surface area contributed by atoms with Gasteiger partial charge in [-0.25, -0.2) is 8.78 Å². The molecule has 0 heterocycles. The second-order valence-electron chi connectivity index (χ2n) is 3.89. The van der Waals surface area contributed by atoms with E-state index in [0.29, 0.717) is 0 Å². The van der Waals surface area contributed by atoms with Crippen molar-refractivity contribution in [2.45, 2.75) is 38.2 Å². The first-order valence-electron chi connectivity index (χ1n) is 4.73. The predicted molar refractivity (Wildman–Crippen MR) is 47.0 cm³/mol. The maximum absolute atomic E-state index is 12.7. The summed E-state index contributed by atoms with van der Waals surface area (Å²) < 4.78 is 25.5. The molecular formula is C9H15F2NO2. The summed E-state index contributed by atoms with van der Waals surface area (Å²) in [5.41, 5.74) is 0. The van der Waals surface area contributed by atoms with Crippen molar-refractivity contribution in [3.63, 3.8) is 0 Å². The number of rotatable bonds is 3. The summed E-state index contributed by atoms with van der Waals surface area (Å²) in [6, 6.07) is -0.364. The molecule has 1 amide bonds. The van der Waals surface area contributed by atoms with Crippen LogP contribution in [0.1, 0.15) is 26.2 Å². The third kappa shape index (κ3) is 2.90. The Morgan fingerprint density at radius 2 is 2.36 bits per heavy atom. The molecule has 0 aromatic rings. The van der Waals surface area contributed by atoms with Crippen LogP contribution in [0.15, 0.2) is 0 Å². The quantitative estimate of drug-likeness (QED) is 0.723. The van der Waals surface area contributed by atoms with Crippen molar-refractivity contribution in [2.75, 3.05) is 6.61 Å². The van der Waals surface area contributed by atoms with Gasteiger partial charge in [0.15, 0.2) is 0 Å². The Morgan fingerprint density at radius 1 is 1.71 bits per heavy atom. The Hall–Kier alpha value is -0.710. The van der Waals surface area contributed by atoms with Crippen LogP contribution >= 0.6 is 0 Å². The second-order valence-corrected chi connectivity index (χ2v) is 3.89. The van der Waals surface area contributed by atoms with E-state index >= 15 is 0 Å². The van der Waals surface area contributed by atoms with Crippen molar-refractivity contribution in [1.29, 1.82) is 0 Å². The van der Waals surface area contributed by atoms with Gasteiger partial charge in [-0.15, -0.1) is 0 Å². The molecule has 0 spiro atoms. The molecule has 82 valence electrons. The Kier molecular flexibility index (Phi) is 3.42. The van der Waals surface area contributed by atoms with Crippen molar-refractivity contribution in [3.8, 4) is 0 Å². The van der Waals surface area contributed by atoms with E-state index in [-0.39, 0.29) is 37.8 Å². The third-order valence-electron chi connectivity index (χ3n) is 2.44. The van der Waals surface area contributed by atoms with Crippen LogP contribution in [0.2, 0.25) is 0 Å². The minimum atomic E-state index is -2.69. The van der Waals surface area contributed by atoms with E-state index < -0.39 is 11.8 Å². The molecule has 0 aromatic heterocycles. The maximum Gasteiger partial charge on any atom is 0.248 e. The fraction of sp³-hybridized carbons (Fsp3) is 0.889. The van der Waals surface area contributed by atoms with Crippen LogP contribution in [-0.4, -0.2) is 29.6 Å². The summed E-state index contributed by atoms with van der Waals surface area (Å²) in [6.45, 7) is 1.46. The molecule has 1 fully saturated rings. The lowest BCUT2D eigenvalue weighted by Gasteiger charge is -2.14. The van der Waals surface area contributed by atoms with Gasteiger partial charge in [-0.05, 0) is 13.3 Å². The third-order valence-corrected chi connectivity index (χ3v) is 2.44. The molecule has 2 atom stereocenters. The highest BCUT2D eigenvalue weighted by molar-refractivity contribution is 5.79. The topological polar surface area (TPSA) is 49.3 Å². The number of hydrogen-bond acceptors (Lipinski definition) is 2. The zero-order valence-corrected chi connectivity index (χ0v) is 8.09. The molecule has 0 saturated heterocycles. The van der Waals surface area contributed by atoms with Crippen LogP contribution < -0.4 is 5.32 Å². The molecule has 3 nitrogen and oxygen atoms in total. The van der Waals surface area contributed by atoms with E-state index in [4.69, 9.17) is 5.11 Å². The molecule has 0 bridgehead atoms. The van der Waals surface area contributed by atoms with Crippen molar-refractivity contribution in [1.82, 2.24) is 5.32 Å². The van der Waals surface area contributed by atoms with Crippen LogP contribution in [0.4, 0.5) is 8.78 Å². The fourth-order valence-corrected chi connectivity index (χ4v) is 1.58. The minimum absolute atomic E-state index is 0.172. The Labute approximate surface area is 81.5 Å². The van der Waals surface area contributed by atoms with Gasteiger partial charge in [0.05, 0.1) is 6.61 Å². The van der Waals surface area contributed by atoms with Gasteiger partial charge in [0.2, 0.25) is 11.8 Å². The van der Waals surface area contributed by atoms with Gasteiger partial charge in [0.1, 0.15) is 0 Å². The smallest absolute Gasteiger partial charge is 0.248 e. The van der Waals surface area contributed by atoms with E-state index in [2.05, 4.69) is 5.32 Å². The van der Waals surface area contributed by atoms with E-state index in [0.717, 1.165) is 0 Å². The highest BCUT2D eigenvalue weighted by atomic mass is 19.3. The molecule has 1 rings (SSSR count). The number of aliphatic hydroxyl groups is 1. The first kappa shape index (κ1) is 11.4. The molecule has 0 radical (unpaired) electrons. The number of halogens is 2. The highest BCUT2D eigenvalue weighted by Crippen LogP contribution is 2.38. The molecule has 1 saturated carbocycles. The van der Waals surface area contributed by atoms with Crippen LogP contribution in [0.5, 0.6) is 0 Å². The standard InChI is InChI=1S/C9H15F2NO2/c1-6(5-13)12-8(14)7-2-3-9(10,11)4-7/h6-7,13H,2-5H2,1H3,(H,12,14)/t6-,7?/m1/s1. The van der Waals surface area contributed by atoms with Gasteiger partial charge in [0, 0.05) is 24.8 Å². The molecule has 1 unspecified atom stereocenters. The lowest BCUT2D eigenvalue weighted by atomic mass is 10.1. The number of carbonyl (C=O) groups excluding carboxylic acids is 1. The largest absolute Gasteiger partial charge is 0.394 e. The molecule has 14 heavy (non-hydrogen) atoms. The minimum Gasteiger partial charge on any atom is -0.394 e. The van der Waals surface area contributed by atoms with Gasteiger partial charge in [-0.2, -0.15) is 0 Å². The van der Waals surface area contributed by atoms with Gasteiger partial charge in [0.25, 0.3) is 0 Å². The fourth-order valence-electron chi connectivity index (χ4n) is 1.58. The van der Waals surface area contributed by atoms with Gasteiger partial charge in [-0.3, -0.25) is 4.79 Å². The van der Waals surface area contributed by atoms with E-state index in [1.54, 1.807) is 6.92 Å². The monoisotopic (exact) mass is 207 g/mol. The first-order chi connectivity index (χ1) is 6.44. The molecule has 0 aliphatic heterocycles. The summed E-state index contributed by atoms with van der Waals surface area (Å²) in [5, 5.41) is 11.2. The molecule has 0 aromatic carbocycles. The van der Waals surface area contributed by atoms with E-state index in [9.17, 15) is 13.6 Å². The summed E-state index contributed by atoms with van der Waals surface area (Å²) in [6.07, 6.45) is -0.341. The van der Waals surface area contributed by atoms with Crippen molar-refractivity contribution in [3.05, 3.63) is 0 Å². The van der Waals surface area contributed by atoms with E-state index in [1.165, 1.54) is 0 Å². The zero-order chi connectivity index (χ0) is 10.8. The van der Waals surface area contributed by atoms with Crippen molar-refractivity contribution < 1.29 is 18.7 Å². The second kappa shape index (κ2) is 4.21. The number of nitrogens with one attached hydrogen (secondary N) is 1. The molecule has 2 N–H and O–H groups in total. The average Bonchev–Trinajstić information content (AvgIpc) is 2.46. The van der Waals surface area contributed by atoms with Crippen LogP contribution in [0.25, 0.3) is 0 Å². The summed E-state index contributed by atoms with van der Waals surface area (Å²) in [5.74, 6) is -3.66. The summed E-state index contributed by atoms with van der Waals surface area (Å²) in [7, 11) is 0. The number of hydrogen-bond donors (Lipinski definition) is 2. The van der Waals surface area contributed by atoms with E-state index in [1.807, 2.05) is 0 Å². The van der Waals surface area contributed by atoms with Crippen molar-refractivity contribution >= 4 is 5.91 Å². The molecule has 1 aliphatic carbocycles. The average molecular weight is 207 g/mol. The highest BCUT2D eigenvalue weighted by Gasteiger charge is 2.42. The maximum atomic E-state index is 12.7. The SMILES string of the molecule is C[C@H](CO)NC(=O)C1CCC(F)(F)C1. The molecule has 5 heteroatoms. The van der Waals surface area contributed by atoms with Crippen LogP contribution in [-0.2, 0) is 4.79 Å². The van der Waals surface area contributed by atoms with Gasteiger partial charge < -0.3 is 10.4 Å². The summed E-state index contributed by atoms with van der Waals surface area (Å²) >= 11 is 0. The number of alkyl halides is 2. The lowest BCUT2D eigenvalue weighted by molar-refractivity contribution is -0.126. The van der Waals surface area contributed by atoms with Gasteiger partial charge in [-0.1, -0.05) is 0 Å². The molecule has 1 aliphatic rings. The Morgan fingerprint density at radius 3 is 2.79 bits per heavy atom. The van der Waals surface area contributed by atoms with Crippen LogP contribution in [0, 0.1) is 5.92 Å². The number of amides is 1. The first-order valence-corrected chi connectivity index (χ1v) is 4.73. The Balaban J connectivity index is 2.40. The Bertz CT molecular complexity index is 221. The normalized spacial score (nSPS) is 27.3. The summed E-state index contributed by atoms with van der Waals surface area (Å²) in [4.78, 5) is 11.3. The zero-order valence-electron chi connectivity index (χ0n) is 8.09.